The van der Waals surface area contributed by atoms with E-state index in [1.54, 1.807) is 69.3 Å². The molecule has 0 aliphatic heterocycles. The number of rotatable bonds is 22. The summed E-state index contributed by atoms with van der Waals surface area (Å²) >= 11 is 0. The summed E-state index contributed by atoms with van der Waals surface area (Å²) in [6.45, 7) is 6.95. The minimum atomic E-state index is -1.07. The number of amides is 6. The molecule has 0 aliphatic rings. The molecule has 0 radical (unpaired) electrons. The number of ether oxygens (including phenoxy) is 3. The molecule has 3 atom stereocenters. The molecule has 316 valence electrons. The average molecular weight is 820 g/mol. The highest BCUT2D eigenvalue weighted by Gasteiger charge is 2.26. The maximum Gasteiger partial charge on any atom is 0.514 e. The van der Waals surface area contributed by atoms with Crippen molar-refractivity contribution in [3.8, 4) is 5.75 Å². The normalized spacial score (nSPS) is 12.4. The summed E-state index contributed by atoms with van der Waals surface area (Å²) in [5.41, 5.74) is 5.96. The van der Waals surface area contributed by atoms with E-state index < -0.39 is 52.5 Å². The van der Waals surface area contributed by atoms with Gasteiger partial charge in [0, 0.05) is 48.0 Å². The summed E-state index contributed by atoms with van der Waals surface area (Å²) < 4.78 is 16.1. The van der Waals surface area contributed by atoms with Gasteiger partial charge >= 0.3 is 12.2 Å². The molecule has 19 nitrogen and oxygen atoms in total. The summed E-state index contributed by atoms with van der Waals surface area (Å²) in [4.78, 5) is 96.1. The fourth-order valence-corrected chi connectivity index (χ4v) is 5.18. The van der Waals surface area contributed by atoms with Crippen LogP contribution in [-0.4, -0.2) is 83.9 Å². The number of hydrogen-bond donors (Lipinski definition) is 6. The average Bonchev–Trinajstić information content (AvgIpc) is 3.20. The van der Waals surface area contributed by atoms with Gasteiger partial charge in [0.1, 0.15) is 30.7 Å². The number of non-ortho nitro benzene ring substituents is 1. The minimum absolute atomic E-state index is 0.0130. The number of carbonyl (C=O) groups is 7. The zero-order valence-electron chi connectivity index (χ0n) is 33.1. The largest absolute Gasteiger partial charge is 0.514 e. The van der Waals surface area contributed by atoms with Gasteiger partial charge in [-0.15, -0.1) is 0 Å². The Balaban J connectivity index is 1.47. The second kappa shape index (κ2) is 22.7. The van der Waals surface area contributed by atoms with E-state index in [1.165, 1.54) is 31.2 Å². The van der Waals surface area contributed by atoms with Gasteiger partial charge < -0.3 is 46.5 Å². The third-order valence-corrected chi connectivity index (χ3v) is 8.56. The molecule has 0 saturated carbocycles. The van der Waals surface area contributed by atoms with Crippen LogP contribution in [0.2, 0.25) is 0 Å². The van der Waals surface area contributed by atoms with Crippen molar-refractivity contribution < 1.29 is 52.7 Å². The lowest BCUT2D eigenvalue weighted by Crippen LogP contribution is -2.51. The molecule has 0 saturated heterocycles. The summed E-state index contributed by atoms with van der Waals surface area (Å²) in [6, 6.07) is 14.1. The molecule has 6 amide bonds. The molecule has 3 unspecified atom stereocenters. The summed E-state index contributed by atoms with van der Waals surface area (Å²) in [5.74, 6) is -1.91. The molecular weight excluding hydrogens is 770 g/mol. The van der Waals surface area contributed by atoms with E-state index >= 15 is 0 Å². The Bertz CT molecular complexity index is 1940. The number of primary amides is 1. The first-order valence-corrected chi connectivity index (χ1v) is 18.6. The number of nitrogens with zero attached hydrogens (tertiary/aromatic N) is 1. The van der Waals surface area contributed by atoms with Gasteiger partial charge in [0.2, 0.25) is 17.7 Å². The van der Waals surface area contributed by atoms with Crippen LogP contribution in [0.1, 0.15) is 79.7 Å². The van der Waals surface area contributed by atoms with Crippen LogP contribution in [0.3, 0.4) is 0 Å². The molecule has 3 rings (SSSR count). The molecule has 7 N–H and O–H groups in total. The van der Waals surface area contributed by atoms with Crippen LogP contribution < -0.4 is 37.1 Å². The topological polar surface area (TPSA) is 276 Å². The lowest BCUT2D eigenvalue weighted by molar-refractivity contribution is -0.384. The number of hydrogen-bond acceptors (Lipinski definition) is 12. The van der Waals surface area contributed by atoms with Crippen molar-refractivity contribution in [2.24, 2.45) is 5.73 Å². The van der Waals surface area contributed by atoms with Crippen LogP contribution in [0.25, 0.3) is 0 Å². The van der Waals surface area contributed by atoms with E-state index in [1.807, 2.05) is 0 Å². The number of nitrogens with one attached hydrogen (secondary N) is 5. The maximum atomic E-state index is 13.3. The van der Waals surface area contributed by atoms with E-state index in [4.69, 9.17) is 19.9 Å². The van der Waals surface area contributed by atoms with Crippen LogP contribution in [-0.2, 0) is 30.5 Å². The van der Waals surface area contributed by atoms with Crippen molar-refractivity contribution >= 4 is 53.5 Å². The Kier molecular flexibility index (Phi) is 17.9. The van der Waals surface area contributed by atoms with Gasteiger partial charge in [-0.2, -0.15) is 0 Å². The standard InChI is InChI=1S/C40H49N7O12/c1-25(43-36(51)29-11-7-27(22-48)8-12-29)23-58-40(3,4)20-19-34(49)44-26(2)35(50)46-33(6-5-21-42-38(41)53)37(52)45-30-13-9-28(10-14-30)24-57-39(54)59-32-17-15-31(16-18-32)47(55)56/h7-18,22,25-26,33H,5-6,19-21,23-24H2,1-4H3,(H,43,51)(H,44,49)(H,45,52)(H,46,50)(H3,41,42,53). The molecule has 0 fully saturated rings. The van der Waals surface area contributed by atoms with Crippen LogP contribution in [0.4, 0.5) is 21.0 Å². The lowest BCUT2D eigenvalue weighted by Gasteiger charge is -2.27. The van der Waals surface area contributed by atoms with E-state index in [0.29, 0.717) is 28.7 Å². The van der Waals surface area contributed by atoms with Gasteiger partial charge in [-0.1, -0.05) is 24.3 Å². The smallest absolute Gasteiger partial charge is 0.429 e. The maximum absolute atomic E-state index is 13.3. The van der Waals surface area contributed by atoms with E-state index in [-0.39, 0.29) is 68.8 Å². The third-order valence-electron chi connectivity index (χ3n) is 8.56. The Morgan fingerprint density at radius 2 is 1.54 bits per heavy atom. The highest BCUT2D eigenvalue weighted by molar-refractivity contribution is 5.98. The molecule has 0 bridgehead atoms. The van der Waals surface area contributed by atoms with Crippen molar-refractivity contribution in [2.45, 2.75) is 83.7 Å². The second-order valence-corrected chi connectivity index (χ2v) is 14.0. The molecule has 0 heterocycles. The fourth-order valence-electron chi connectivity index (χ4n) is 5.18. The number of carbonyl (C=O) groups excluding carboxylic acids is 7. The predicted octanol–water partition coefficient (Wildman–Crippen LogP) is 3.89. The molecule has 0 aliphatic carbocycles. The number of urea groups is 1. The van der Waals surface area contributed by atoms with Crippen molar-refractivity contribution in [1.29, 1.82) is 0 Å². The van der Waals surface area contributed by atoms with Crippen LogP contribution >= 0.6 is 0 Å². The quantitative estimate of drug-likeness (QED) is 0.0210. The minimum Gasteiger partial charge on any atom is -0.429 e. The number of nitro groups is 1. The Hall–Kier alpha value is -6.89. The van der Waals surface area contributed by atoms with Gasteiger partial charge in [0.15, 0.2) is 0 Å². The van der Waals surface area contributed by atoms with Crippen LogP contribution in [0, 0.1) is 10.1 Å². The molecule has 59 heavy (non-hydrogen) atoms. The number of aldehydes is 1. The van der Waals surface area contributed by atoms with E-state index in [2.05, 4.69) is 26.6 Å². The number of nitro benzene ring substituents is 1. The van der Waals surface area contributed by atoms with Crippen LogP contribution in [0.5, 0.6) is 5.75 Å². The molecular formula is C40H49N7O12. The van der Waals surface area contributed by atoms with E-state index in [9.17, 15) is 43.7 Å². The van der Waals surface area contributed by atoms with Gasteiger partial charge in [-0.25, -0.2) is 9.59 Å². The van der Waals surface area contributed by atoms with Gasteiger partial charge in [-0.3, -0.25) is 34.1 Å². The molecule has 0 aromatic heterocycles. The molecule has 0 spiro atoms. The highest BCUT2D eigenvalue weighted by atomic mass is 16.7. The molecule has 3 aromatic carbocycles. The first kappa shape index (κ1) is 46.5. The second-order valence-electron chi connectivity index (χ2n) is 14.0. The number of nitrogens with two attached hydrogens (primary N) is 1. The van der Waals surface area contributed by atoms with Crippen LogP contribution in [0.15, 0.2) is 72.8 Å². The SMILES string of the molecule is CC(COC(C)(C)CCC(=O)NC(C)C(=O)NC(CCCNC(N)=O)C(=O)Nc1ccc(COC(=O)Oc2ccc([N+](=O)[O-])cc2)cc1)NC(=O)c1ccc(C=O)cc1. The molecule has 3 aromatic rings. The van der Waals surface area contributed by atoms with Gasteiger partial charge in [-0.05, 0) is 88.9 Å². The summed E-state index contributed by atoms with van der Waals surface area (Å²) in [5, 5.41) is 24.0. The number of anilines is 1. The van der Waals surface area contributed by atoms with Crippen molar-refractivity contribution in [3.05, 3.63) is 99.6 Å². The fraction of sp³-hybridized carbons (Fsp3) is 0.375. The van der Waals surface area contributed by atoms with Crippen molar-refractivity contribution in [3.63, 3.8) is 0 Å². The van der Waals surface area contributed by atoms with Gasteiger partial charge in [0.05, 0.1) is 17.1 Å². The monoisotopic (exact) mass is 819 g/mol. The molecule has 19 heteroatoms. The first-order valence-electron chi connectivity index (χ1n) is 18.6. The Morgan fingerprint density at radius 3 is 2.15 bits per heavy atom. The van der Waals surface area contributed by atoms with Crippen molar-refractivity contribution in [2.75, 3.05) is 18.5 Å². The Morgan fingerprint density at radius 1 is 0.881 bits per heavy atom. The van der Waals surface area contributed by atoms with Crippen molar-refractivity contribution in [1.82, 2.24) is 21.3 Å². The number of benzene rings is 3. The zero-order chi connectivity index (χ0) is 43.5. The lowest BCUT2D eigenvalue weighted by atomic mass is 10.0. The summed E-state index contributed by atoms with van der Waals surface area (Å²) in [7, 11) is 0. The predicted molar refractivity (Wildman–Crippen MR) is 213 cm³/mol. The van der Waals surface area contributed by atoms with Gasteiger partial charge in [0.25, 0.3) is 11.6 Å². The zero-order valence-corrected chi connectivity index (χ0v) is 33.1. The third kappa shape index (κ3) is 17.0. The summed E-state index contributed by atoms with van der Waals surface area (Å²) in [6.07, 6.45) is 0.345. The first-order chi connectivity index (χ1) is 27.9. The highest BCUT2D eigenvalue weighted by Crippen LogP contribution is 2.19. The van der Waals surface area contributed by atoms with E-state index in [0.717, 1.165) is 0 Å². The Labute approximate surface area is 340 Å².